The SMILES string of the molecule is COc1cnc(C(C)C(C)SNc2nnc(-c3cccnc3)n2-c2c(OC)ncnc2OC)cn1. The van der Waals surface area contributed by atoms with Gasteiger partial charge in [-0.1, -0.05) is 13.8 Å². The molecule has 2 unspecified atom stereocenters. The Balaban J connectivity index is 1.68. The molecule has 35 heavy (non-hydrogen) atoms. The van der Waals surface area contributed by atoms with Crippen molar-refractivity contribution in [3.8, 4) is 34.7 Å². The number of nitrogens with zero attached hydrogens (tertiary/aromatic N) is 8. The van der Waals surface area contributed by atoms with Crippen LogP contribution in [0.1, 0.15) is 25.5 Å². The van der Waals surface area contributed by atoms with Crippen LogP contribution in [0.3, 0.4) is 0 Å². The fourth-order valence-electron chi connectivity index (χ4n) is 3.24. The second kappa shape index (κ2) is 11.0. The number of rotatable bonds is 10. The first-order valence-electron chi connectivity index (χ1n) is 10.6. The van der Waals surface area contributed by atoms with E-state index in [2.05, 4.69) is 53.7 Å². The van der Waals surface area contributed by atoms with E-state index >= 15 is 0 Å². The summed E-state index contributed by atoms with van der Waals surface area (Å²) in [6.45, 7) is 4.17. The van der Waals surface area contributed by atoms with Gasteiger partial charge in [-0.2, -0.15) is 9.97 Å². The van der Waals surface area contributed by atoms with Gasteiger partial charge in [-0.3, -0.25) is 19.3 Å². The van der Waals surface area contributed by atoms with Crippen LogP contribution >= 0.6 is 11.9 Å². The Hall–Kier alpha value is -4.00. The molecule has 0 aliphatic rings. The second-order valence-electron chi connectivity index (χ2n) is 7.36. The predicted octanol–water partition coefficient (Wildman–Crippen LogP) is 3.19. The Morgan fingerprint density at radius 2 is 1.69 bits per heavy atom. The molecule has 4 rings (SSSR count). The van der Waals surface area contributed by atoms with E-state index in [-0.39, 0.29) is 11.2 Å². The molecule has 2 atom stereocenters. The highest BCUT2D eigenvalue weighted by atomic mass is 32.2. The van der Waals surface area contributed by atoms with E-state index in [1.54, 1.807) is 36.5 Å². The number of hydrogen-bond donors (Lipinski definition) is 1. The van der Waals surface area contributed by atoms with Gasteiger partial charge in [0.1, 0.15) is 6.33 Å². The third kappa shape index (κ3) is 5.09. The molecular formula is C22H25N9O3S. The molecule has 0 radical (unpaired) electrons. The lowest BCUT2D eigenvalue weighted by Gasteiger charge is -2.20. The van der Waals surface area contributed by atoms with Crippen molar-refractivity contribution in [2.24, 2.45) is 0 Å². The zero-order chi connectivity index (χ0) is 24.8. The first kappa shape index (κ1) is 24.1. The van der Waals surface area contributed by atoms with Crippen LogP contribution in [0.15, 0.2) is 43.2 Å². The van der Waals surface area contributed by atoms with Crippen LogP contribution in [0, 0.1) is 0 Å². The molecule has 4 aromatic rings. The second-order valence-corrected chi connectivity index (χ2v) is 8.55. The number of pyridine rings is 1. The van der Waals surface area contributed by atoms with Gasteiger partial charge in [0, 0.05) is 29.1 Å². The number of methoxy groups -OCH3 is 3. The lowest BCUT2D eigenvalue weighted by molar-refractivity contribution is 0.368. The summed E-state index contributed by atoms with van der Waals surface area (Å²) in [6, 6.07) is 3.71. The fourth-order valence-corrected chi connectivity index (χ4v) is 4.00. The average Bonchev–Trinajstić information content (AvgIpc) is 3.34. The van der Waals surface area contributed by atoms with Crippen molar-refractivity contribution in [1.82, 2.24) is 39.7 Å². The van der Waals surface area contributed by atoms with E-state index in [1.165, 1.54) is 32.5 Å². The van der Waals surface area contributed by atoms with Crippen molar-refractivity contribution >= 4 is 17.9 Å². The van der Waals surface area contributed by atoms with Crippen LogP contribution in [0.4, 0.5) is 5.95 Å². The Labute approximate surface area is 206 Å². The van der Waals surface area contributed by atoms with E-state index in [4.69, 9.17) is 14.2 Å². The predicted molar refractivity (Wildman–Crippen MR) is 131 cm³/mol. The van der Waals surface area contributed by atoms with Gasteiger partial charge in [0.25, 0.3) is 0 Å². The van der Waals surface area contributed by atoms with Crippen molar-refractivity contribution in [3.05, 3.63) is 48.9 Å². The van der Waals surface area contributed by atoms with Crippen LogP contribution in [0.25, 0.3) is 17.1 Å². The van der Waals surface area contributed by atoms with Crippen molar-refractivity contribution in [3.63, 3.8) is 0 Å². The first-order chi connectivity index (χ1) is 17.1. The molecular weight excluding hydrogens is 470 g/mol. The Bertz CT molecular complexity index is 1230. The minimum atomic E-state index is 0.0872. The van der Waals surface area contributed by atoms with Gasteiger partial charge in [0.2, 0.25) is 23.6 Å². The summed E-state index contributed by atoms with van der Waals surface area (Å²) in [6.07, 6.45) is 8.10. The summed E-state index contributed by atoms with van der Waals surface area (Å²) >= 11 is 1.48. The summed E-state index contributed by atoms with van der Waals surface area (Å²) in [4.78, 5) is 21.4. The third-order valence-electron chi connectivity index (χ3n) is 5.31. The Kier molecular flexibility index (Phi) is 7.55. The number of hydrogen-bond acceptors (Lipinski definition) is 12. The fraction of sp³-hybridized carbons (Fsp3) is 0.318. The van der Waals surface area contributed by atoms with Crippen molar-refractivity contribution < 1.29 is 14.2 Å². The molecule has 182 valence electrons. The maximum atomic E-state index is 5.51. The van der Waals surface area contributed by atoms with Gasteiger partial charge in [-0.25, -0.2) is 4.98 Å². The normalized spacial score (nSPS) is 12.6. The molecule has 13 heteroatoms. The molecule has 0 fully saturated rings. The standard InChI is InChI=1S/C22H25N9O3S/c1-13(16-10-25-17(32-3)11-24-16)14(2)35-30-22-29-28-19(15-7-6-8-23-9-15)31(22)18-20(33-4)26-12-27-21(18)34-5/h6-14H,1-5H3,(H,29,30). The first-order valence-corrected chi connectivity index (χ1v) is 11.5. The largest absolute Gasteiger partial charge is 0.480 e. The average molecular weight is 496 g/mol. The summed E-state index contributed by atoms with van der Waals surface area (Å²) < 4.78 is 21.2. The molecule has 12 nitrogen and oxygen atoms in total. The lowest BCUT2D eigenvalue weighted by Crippen LogP contribution is -2.14. The maximum absolute atomic E-state index is 5.51. The summed E-state index contributed by atoms with van der Waals surface area (Å²) in [5.74, 6) is 2.15. The summed E-state index contributed by atoms with van der Waals surface area (Å²) in [7, 11) is 4.62. The smallest absolute Gasteiger partial charge is 0.245 e. The molecule has 0 saturated heterocycles. The minimum Gasteiger partial charge on any atom is -0.480 e. The molecule has 0 aliphatic carbocycles. The zero-order valence-corrected chi connectivity index (χ0v) is 20.7. The van der Waals surface area contributed by atoms with Gasteiger partial charge in [0.15, 0.2) is 11.5 Å². The van der Waals surface area contributed by atoms with E-state index in [0.717, 1.165) is 11.3 Å². The van der Waals surface area contributed by atoms with E-state index in [0.29, 0.717) is 35.1 Å². The molecule has 0 aliphatic heterocycles. The highest BCUT2D eigenvalue weighted by molar-refractivity contribution is 8.01. The van der Waals surface area contributed by atoms with Crippen LogP contribution in [0.2, 0.25) is 0 Å². The van der Waals surface area contributed by atoms with E-state index in [9.17, 15) is 0 Å². The van der Waals surface area contributed by atoms with Gasteiger partial charge in [-0.05, 0) is 24.1 Å². The van der Waals surface area contributed by atoms with Crippen molar-refractivity contribution in [2.45, 2.75) is 25.0 Å². The molecule has 1 N–H and O–H groups in total. The lowest BCUT2D eigenvalue weighted by atomic mass is 10.1. The molecule has 0 aromatic carbocycles. The van der Waals surface area contributed by atoms with Gasteiger partial charge < -0.3 is 14.2 Å². The van der Waals surface area contributed by atoms with Crippen molar-refractivity contribution in [1.29, 1.82) is 0 Å². The number of anilines is 1. The third-order valence-corrected chi connectivity index (χ3v) is 6.39. The Morgan fingerprint density at radius 1 is 0.914 bits per heavy atom. The highest BCUT2D eigenvalue weighted by Gasteiger charge is 2.25. The van der Waals surface area contributed by atoms with Crippen LogP contribution in [-0.4, -0.2) is 66.3 Å². The van der Waals surface area contributed by atoms with Crippen molar-refractivity contribution in [2.75, 3.05) is 26.1 Å². The minimum absolute atomic E-state index is 0.0872. The molecule has 4 aromatic heterocycles. The van der Waals surface area contributed by atoms with Gasteiger partial charge >= 0.3 is 0 Å². The molecule has 0 spiro atoms. The van der Waals surface area contributed by atoms with Gasteiger partial charge in [0.05, 0.1) is 39.4 Å². The molecule has 4 heterocycles. The van der Waals surface area contributed by atoms with E-state index in [1.807, 2.05) is 12.1 Å². The van der Waals surface area contributed by atoms with E-state index < -0.39 is 0 Å². The molecule has 0 amide bonds. The molecule has 0 bridgehead atoms. The van der Waals surface area contributed by atoms with Gasteiger partial charge in [-0.15, -0.1) is 10.2 Å². The molecule has 0 saturated carbocycles. The Morgan fingerprint density at radius 3 is 2.29 bits per heavy atom. The number of nitrogens with one attached hydrogen (secondary N) is 1. The van der Waals surface area contributed by atoms with Crippen LogP contribution < -0.4 is 18.9 Å². The summed E-state index contributed by atoms with van der Waals surface area (Å²) in [5, 5.41) is 8.89. The topological polar surface area (TPSA) is 135 Å². The quantitative estimate of drug-likeness (QED) is 0.324. The van der Waals surface area contributed by atoms with Crippen LogP contribution in [0.5, 0.6) is 17.6 Å². The monoisotopic (exact) mass is 495 g/mol. The number of ether oxygens (including phenoxy) is 3. The highest BCUT2D eigenvalue weighted by Crippen LogP contribution is 2.36. The zero-order valence-electron chi connectivity index (χ0n) is 19.9. The van der Waals surface area contributed by atoms with Crippen LogP contribution in [-0.2, 0) is 0 Å². The summed E-state index contributed by atoms with van der Waals surface area (Å²) in [5.41, 5.74) is 2.07. The maximum Gasteiger partial charge on any atom is 0.245 e. The number of aromatic nitrogens is 8.